The van der Waals surface area contributed by atoms with Crippen LogP contribution in [0.25, 0.3) is 0 Å². The van der Waals surface area contributed by atoms with Gasteiger partial charge >= 0.3 is 6.61 Å². The zero-order chi connectivity index (χ0) is 23.1. The standard InChI is InChI=1S/C22H20F2N4O3S/c1-13-11-14(2)26-22(25-13)32-12-15-7-9-16(10-8-15)19(29)27-28-20(30)17-5-3-4-6-18(17)31-21(23)24/h3-11,21H,12H2,1-2H3,(H,27,29)(H,28,30). The number of carbonyl (C=O) groups is 2. The van der Waals surface area contributed by atoms with E-state index in [4.69, 9.17) is 0 Å². The van der Waals surface area contributed by atoms with E-state index < -0.39 is 18.4 Å². The van der Waals surface area contributed by atoms with Crippen LogP contribution < -0.4 is 15.6 Å². The average molecular weight is 458 g/mol. The number of para-hydroxylation sites is 1. The molecule has 0 atom stereocenters. The predicted octanol–water partition coefficient (Wildman–Crippen LogP) is 4.06. The summed E-state index contributed by atoms with van der Waals surface area (Å²) >= 11 is 1.49. The summed E-state index contributed by atoms with van der Waals surface area (Å²) in [7, 11) is 0. The molecule has 0 radical (unpaired) electrons. The van der Waals surface area contributed by atoms with Gasteiger partial charge in [0.15, 0.2) is 5.16 Å². The zero-order valence-electron chi connectivity index (χ0n) is 17.3. The number of thioether (sulfide) groups is 1. The number of ether oxygens (including phenoxy) is 1. The van der Waals surface area contributed by atoms with Crippen molar-refractivity contribution in [2.45, 2.75) is 31.4 Å². The molecule has 0 bridgehead atoms. The van der Waals surface area contributed by atoms with E-state index in [0.717, 1.165) is 17.0 Å². The summed E-state index contributed by atoms with van der Waals surface area (Å²) in [6.07, 6.45) is 0. The minimum Gasteiger partial charge on any atom is -0.434 e. The first-order valence-corrected chi connectivity index (χ1v) is 10.5. The molecule has 2 aromatic carbocycles. The van der Waals surface area contributed by atoms with Crippen molar-refractivity contribution in [2.24, 2.45) is 0 Å². The fraction of sp³-hybridized carbons (Fsp3) is 0.182. The lowest BCUT2D eigenvalue weighted by Crippen LogP contribution is -2.41. The van der Waals surface area contributed by atoms with Gasteiger partial charge in [0.25, 0.3) is 11.8 Å². The minimum absolute atomic E-state index is 0.130. The topological polar surface area (TPSA) is 93.2 Å². The fourth-order valence-electron chi connectivity index (χ4n) is 2.76. The molecule has 10 heteroatoms. The smallest absolute Gasteiger partial charge is 0.387 e. The Morgan fingerprint density at radius 3 is 2.25 bits per heavy atom. The van der Waals surface area contributed by atoms with E-state index in [0.29, 0.717) is 16.5 Å². The van der Waals surface area contributed by atoms with Crippen LogP contribution in [0.5, 0.6) is 5.75 Å². The van der Waals surface area contributed by atoms with E-state index in [9.17, 15) is 18.4 Å². The molecule has 2 amide bonds. The van der Waals surface area contributed by atoms with Crippen LogP contribution in [0.4, 0.5) is 8.78 Å². The lowest BCUT2D eigenvalue weighted by molar-refractivity contribution is -0.0501. The van der Waals surface area contributed by atoms with Gasteiger partial charge in [-0.2, -0.15) is 8.78 Å². The van der Waals surface area contributed by atoms with E-state index in [1.165, 1.54) is 36.0 Å². The van der Waals surface area contributed by atoms with E-state index in [2.05, 4.69) is 25.6 Å². The highest BCUT2D eigenvalue weighted by Crippen LogP contribution is 2.21. The summed E-state index contributed by atoms with van der Waals surface area (Å²) in [6, 6.07) is 14.2. The molecule has 0 spiro atoms. The van der Waals surface area contributed by atoms with Crippen LogP contribution in [0.3, 0.4) is 0 Å². The summed E-state index contributed by atoms with van der Waals surface area (Å²) in [5.41, 5.74) is 7.42. The van der Waals surface area contributed by atoms with Crippen LogP contribution in [0.15, 0.2) is 59.8 Å². The lowest BCUT2D eigenvalue weighted by atomic mass is 10.1. The van der Waals surface area contributed by atoms with Gasteiger partial charge in [0.1, 0.15) is 5.75 Å². The molecule has 3 rings (SSSR count). The number of hydrogen-bond acceptors (Lipinski definition) is 6. The number of hydrogen-bond donors (Lipinski definition) is 2. The number of amides is 2. The maximum atomic E-state index is 12.5. The van der Waals surface area contributed by atoms with Gasteiger partial charge in [-0.25, -0.2) is 9.97 Å². The number of rotatable bonds is 7. The number of aryl methyl sites for hydroxylation is 2. The molecule has 0 aliphatic heterocycles. The van der Waals surface area contributed by atoms with Gasteiger partial charge in [-0.3, -0.25) is 20.4 Å². The van der Waals surface area contributed by atoms with Gasteiger partial charge in [0.05, 0.1) is 5.56 Å². The Hall–Kier alpha value is -3.53. The van der Waals surface area contributed by atoms with Crippen LogP contribution in [-0.4, -0.2) is 28.4 Å². The van der Waals surface area contributed by atoms with Crippen molar-refractivity contribution in [1.82, 2.24) is 20.8 Å². The van der Waals surface area contributed by atoms with Crippen LogP contribution >= 0.6 is 11.8 Å². The van der Waals surface area contributed by atoms with E-state index in [-0.39, 0.29) is 11.3 Å². The molecule has 0 aliphatic carbocycles. The molecule has 0 unspecified atom stereocenters. The second-order valence-corrected chi connectivity index (χ2v) is 7.64. The summed E-state index contributed by atoms with van der Waals surface area (Å²) in [4.78, 5) is 33.3. The van der Waals surface area contributed by atoms with Gasteiger partial charge in [-0.15, -0.1) is 0 Å². The third-order valence-electron chi connectivity index (χ3n) is 4.18. The highest BCUT2D eigenvalue weighted by molar-refractivity contribution is 7.98. The van der Waals surface area contributed by atoms with E-state index in [1.807, 2.05) is 19.9 Å². The van der Waals surface area contributed by atoms with Crippen molar-refractivity contribution in [3.8, 4) is 5.75 Å². The Balaban J connectivity index is 1.55. The molecule has 0 aliphatic rings. The molecule has 0 saturated carbocycles. The number of aromatic nitrogens is 2. The first-order chi connectivity index (χ1) is 15.3. The van der Waals surface area contributed by atoms with E-state index in [1.54, 1.807) is 24.3 Å². The van der Waals surface area contributed by atoms with Crippen LogP contribution in [0.2, 0.25) is 0 Å². The molecule has 1 aromatic heterocycles. The summed E-state index contributed by atoms with van der Waals surface area (Å²) in [5, 5.41) is 0.683. The number of alkyl halides is 2. The first kappa shape index (κ1) is 23.1. The highest BCUT2D eigenvalue weighted by Gasteiger charge is 2.16. The average Bonchev–Trinajstić information content (AvgIpc) is 2.75. The van der Waals surface area contributed by atoms with Gasteiger partial charge in [-0.05, 0) is 49.7 Å². The van der Waals surface area contributed by atoms with Crippen LogP contribution in [0.1, 0.15) is 37.7 Å². The van der Waals surface area contributed by atoms with Crippen LogP contribution in [0, 0.1) is 13.8 Å². The fourth-order valence-corrected chi connectivity index (χ4v) is 3.67. The maximum absolute atomic E-state index is 12.5. The zero-order valence-corrected chi connectivity index (χ0v) is 18.1. The molecule has 3 aromatic rings. The number of carbonyl (C=O) groups excluding carboxylic acids is 2. The molecule has 166 valence electrons. The Morgan fingerprint density at radius 2 is 1.59 bits per heavy atom. The minimum atomic E-state index is -3.07. The normalized spacial score (nSPS) is 10.7. The quantitative estimate of drug-likeness (QED) is 0.315. The van der Waals surface area contributed by atoms with Gasteiger partial charge in [0.2, 0.25) is 0 Å². The van der Waals surface area contributed by atoms with Crippen molar-refractivity contribution in [2.75, 3.05) is 0 Å². The highest BCUT2D eigenvalue weighted by atomic mass is 32.2. The van der Waals surface area contributed by atoms with Gasteiger partial charge in [0, 0.05) is 22.7 Å². The SMILES string of the molecule is Cc1cc(C)nc(SCc2ccc(C(=O)NNC(=O)c3ccccc3OC(F)F)cc2)n1. The number of benzene rings is 2. The van der Waals surface area contributed by atoms with Crippen molar-refractivity contribution < 1.29 is 23.1 Å². The van der Waals surface area contributed by atoms with Crippen molar-refractivity contribution in [3.63, 3.8) is 0 Å². The molecule has 2 N–H and O–H groups in total. The van der Waals surface area contributed by atoms with Crippen molar-refractivity contribution in [1.29, 1.82) is 0 Å². The molecule has 0 fully saturated rings. The molecular formula is C22H20F2N4O3S. The van der Waals surface area contributed by atoms with Gasteiger partial charge < -0.3 is 4.74 Å². The Kier molecular flexibility index (Phi) is 7.72. The third kappa shape index (κ3) is 6.48. The predicted molar refractivity (Wildman–Crippen MR) is 116 cm³/mol. The monoisotopic (exact) mass is 458 g/mol. The van der Waals surface area contributed by atoms with Gasteiger partial charge in [-0.1, -0.05) is 36.0 Å². The summed E-state index contributed by atoms with van der Waals surface area (Å²) in [6.45, 7) is 0.752. The molecule has 7 nitrogen and oxygen atoms in total. The Morgan fingerprint density at radius 1 is 0.969 bits per heavy atom. The summed E-state index contributed by atoms with van der Waals surface area (Å²) in [5.74, 6) is -0.995. The molecule has 1 heterocycles. The largest absolute Gasteiger partial charge is 0.434 e. The molecular weight excluding hydrogens is 438 g/mol. The third-order valence-corrected chi connectivity index (χ3v) is 5.10. The molecule has 32 heavy (non-hydrogen) atoms. The van der Waals surface area contributed by atoms with Crippen molar-refractivity contribution in [3.05, 3.63) is 82.7 Å². The Labute approximate surface area is 187 Å². The molecule has 0 saturated heterocycles. The number of halogens is 2. The summed E-state index contributed by atoms with van der Waals surface area (Å²) < 4.78 is 29.3. The van der Waals surface area contributed by atoms with Crippen LogP contribution in [-0.2, 0) is 5.75 Å². The first-order valence-electron chi connectivity index (χ1n) is 9.50. The van der Waals surface area contributed by atoms with Crippen molar-refractivity contribution >= 4 is 23.6 Å². The lowest BCUT2D eigenvalue weighted by Gasteiger charge is -2.11. The number of hydrazine groups is 1. The Bertz CT molecular complexity index is 1090. The van der Waals surface area contributed by atoms with E-state index >= 15 is 0 Å². The maximum Gasteiger partial charge on any atom is 0.387 e. The number of nitrogens with zero attached hydrogens (tertiary/aromatic N) is 2. The second-order valence-electron chi connectivity index (χ2n) is 6.70. The number of nitrogens with one attached hydrogen (secondary N) is 2. The second kappa shape index (κ2) is 10.7.